The predicted molar refractivity (Wildman–Crippen MR) is 159 cm³/mol. The highest BCUT2D eigenvalue weighted by molar-refractivity contribution is 5.96. The van der Waals surface area contributed by atoms with E-state index in [0.29, 0.717) is 12.8 Å². The fourth-order valence-electron chi connectivity index (χ4n) is 6.03. The molecular weight excluding hydrogens is 623 g/mol. The van der Waals surface area contributed by atoms with Crippen LogP contribution in [0, 0.1) is 5.92 Å². The van der Waals surface area contributed by atoms with Gasteiger partial charge in [0, 0.05) is 24.4 Å². The number of alkyl carbamates (subject to hydrolysis) is 1. The van der Waals surface area contributed by atoms with E-state index < -0.39 is 70.8 Å². The Labute approximate surface area is 268 Å². The molecule has 1 aromatic carbocycles. The molecule has 0 spiro atoms. The molecule has 47 heavy (non-hydrogen) atoms. The van der Waals surface area contributed by atoms with E-state index in [0.717, 1.165) is 29.8 Å². The third kappa shape index (κ3) is 7.73. The van der Waals surface area contributed by atoms with Gasteiger partial charge in [-0.2, -0.15) is 18.0 Å². The molecule has 3 aliphatic rings. The van der Waals surface area contributed by atoms with Crippen LogP contribution in [0.25, 0.3) is 11.4 Å². The van der Waals surface area contributed by atoms with E-state index in [9.17, 15) is 37.5 Å². The van der Waals surface area contributed by atoms with Crippen LogP contribution in [0.5, 0.6) is 0 Å². The minimum absolute atomic E-state index is 0.0364. The summed E-state index contributed by atoms with van der Waals surface area (Å²) < 4.78 is 45.3. The number of hydrogen-bond acceptors (Lipinski definition) is 8. The molecule has 3 heterocycles. The van der Waals surface area contributed by atoms with Crippen LogP contribution in [0.3, 0.4) is 0 Å². The van der Waals surface area contributed by atoms with E-state index in [1.807, 2.05) is 6.08 Å². The van der Waals surface area contributed by atoms with Gasteiger partial charge in [0.05, 0.1) is 11.6 Å². The molecular formula is C31H38F3N7O6. The zero-order valence-corrected chi connectivity index (χ0v) is 26.3. The van der Waals surface area contributed by atoms with Crippen molar-refractivity contribution in [3.63, 3.8) is 0 Å². The number of fused-ring (bicyclic) bond motifs is 2. The first-order valence-electron chi connectivity index (χ1n) is 15.6. The van der Waals surface area contributed by atoms with E-state index >= 15 is 0 Å². The number of carboxylic acid groups (broad SMARTS) is 1. The highest BCUT2D eigenvalue weighted by atomic mass is 19.4. The van der Waals surface area contributed by atoms with Crippen LogP contribution in [-0.2, 0) is 25.3 Å². The van der Waals surface area contributed by atoms with Crippen molar-refractivity contribution in [1.82, 2.24) is 35.7 Å². The van der Waals surface area contributed by atoms with Crippen molar-refractivity contribution in [2.75, 3.05) is 6.54 Å². The number of alkyl halides is 3. The van der Waals surface area contributed by atoms with Gasteiger partial charge in [0.15, 0.2) is 0 Å². The van der Waals surface area contributed by atoms with Crippen LogP contribution in [0.2, 0.25) is 0 Å². The number of tetrazole rings is 1. The summed E-state index contributed by atoms with van der Waals surface area (Å²) in [4.78, 5) is 55.4. The molecule has 2 aromatic rings. The predicted octanol–water partition coefficient (Wildman–Crippen LogP) is 3.87. The monoisotopic (exact) mass is 661 g/mol. The molecule has 1 aliphatic carbocycles. The van der Waals surface area contributed by atoms with Gasteiger partial charge in [-0.1, -0.05) is 37.1 Å². The molecule has 2 fully saturated rings. The highest BCUT2D eigenvalue weighted by Gasteiger charge is 2.61. The van der Waals surface area contributed by atoms with Crippen molar-refractivity contribution in [2.45, 2.75) is 101 Å². The molecule has 0 bridgehead atoms. The van der Waals surface area contributed by atoms with E-state index in [2.05, 4.69) is 26.0 Å². The Kier molecular flexibility index (Phi) is 9.33. The lowest BCUT2D eigenvalue weighted by Gasteiger charge is -2.30. The zero-order chi connectivity index (χ0) is 34.1. The van der Waals surface area contributed by atoms with Gasteiger partial charge < -0.3 is 25.4 Å². The molecule has 1 saturated carbocycles. The van der Waals surface area contributed by atoms with Crippen LogP contribution in [-0.4, -0.2) is 83.9 Å². The smallest absolute Gasteiger partial charge is 0.416 e. The standard InChI is InChI=1S/C31H38F3N7O6/c1-29(2,3)47-28(46)35-22-13-8-6-4-5-7-11-20-16-30(20,27(44)45)36-25(42)23-15-21(17-40(23)26(22)43)41-38-24(37-39-41)18-10-9-12-19(14-18)31(32,33)34/h7,9-12,14,20-23H,4-6,8,13,15-17H2,1-3H3,(H,35,46)(H,36,42)(H,44,45)/t20-,21-,22+,23+,30-/m1/s1. The first-order chi connectivity index (χ1) is 22.1. The van der Waals surface area contributed by atoms with Crippen molar-refractivity contribution in [2.24, 2.45) is 5.92 Å². The maximum atomic E-state index is 14.1. The van der Waals surface area contributed by atoms with Gasteiger partial charge in [-0.3, -0.25) is 9.59 Å². The first kappa shape index (κ1) is 33.9. The first-order valence-corrected chi connectivity index (χ1v) is 15.6. The second-order valence-electron chi connectivity index (χ2n) is 13.2. The molecule has 0 radical (unpaired) electrons. The third-order valence-corrected chi connectivity index (χ3v) is 8.53. The minimum Gasteiger partial charge on any atom is -0.479 e. The Balaban J connectivity index is 1.45. The lowest BCUT2D eigenvalue weighted by atomic mass is 10.0. The van der Waals surface area contributed by atoms with Gasteiger partial charge >= 0.3 is 18.2 Å². The Morgan fingerprint density at radius 3 is 2.62 bits per heavy atom. The number of ether oxygens (including phenoxy) is 1. The number of carbonyl (C=O) groups is 4. The van der Waals surface area contributed by atoms with Crippen LogP contribution in [0.1, 0.15) is 77.3 Å². The fraction of sp³-hybridized carbons (Fsp3) is 0.581. The van der Waals surface area contributed by atoms with Gasteiger partial charge in [-0.25, -0.2) is 9.59 Å². The number of carbonyl (C=O) groups excluding carboxylic acids is 3. The molecule has 1 saturated heterocycles. The third-order valence-electron chi connectivity index (χ3n) is 8.53. The number of aromatic nitrogens is 4. The van der Waals surface area contributed by atoms with Crippen molar-refractivity contribution < 1.29 is 42.2 Å². The Morgan fingerprint density at radius 2 is 1.91 bits per heavy atom. The molecule has 0 unspecified atom stereocenters. The van der Waals surface area contributed by atoms with Crippen LogP contribution < -0.4 is 10.6 Å². The number of aliphatic carboxylic acids is 1. The maximum Gasteiger partial charge on any atom is 0.416 e. The molecule has 3 amide bonds. The molecule has 3 N–H and O–H groups in total. The number of rotatable bonds is 4. The average molecular weight is 662 g/mol. The van der Waals surface area contributed by atoms with Crippen LogP contribution >= 0.6 is 0 Å². The second kappa shape index (κ2) is 13.0. The van der Waals surface area contributed by atoms with Crippen molar-refractivity contribution in [1.29, 1.82) is 0 Å². The number of nitrogens with zero attached hydrogens (tertiary/aromatic N) is 5. The summed E-state index contributed by atoms with van der Waals surface area (Å²) in [7, 11) is 0. The number of carboxylic acids is 1. The van der Waals surface area contributed by atoms with E-state index in [1.54, 1.807) is 26.8 Å². The van der Waals surface area contributed by atoms with Gasteiger partial charge in [0.25, 0.3) is 0 Å². The Bertz CT molecular complexity index is 1550. The summed E-state index contributed by atoms with van der Waals surface area (Å²) in [5.74, 6) is -2.95. The summed E-state index contributed by atoms with van der Waals surface area (Å²) in [6.07, 6.45) is 1.55. The summed E-state index contributed by atoms with van der Waals surface area (Å²) in [5.41, 5.74) is -3.16. The number of allylic oxidation sites excluding steroid dienone is 1. The number of amides is 3. The lowest BCUT2D eigenvalue weighted by molar-refractivity contribution is -0.145. The Morgan fingerprint density at radius 1 is 1.15 bits per heavy atom. The molecule has 5 rings (SSSR count). The number of halogens is 3. The molecule has 2 aliphatic heterocycles. The summed E-state index contributed by atoms with van der Waals surface area (Å²) in [6, 6.07) is 1.51. The van der Waals surface area contributed by atoms with Gasteiger partial charge in [-0.15, -0.1) is 10.2 Å². The molecule has 13 nitrogen and oxygen atoms in total. The highest BCUT2D eigenvalue weighted by Crippen LogP contribution is 2.45. The van der Waals surface area contributed by atoms with Gasteiger partial charge in [-0.05, 0) is 63.8 Å². The quantitative estimate of drug-likeness (QED) is 0.412. The van der Waals surface area contributed by atoms with E-state index in [1.165, 1.54) is 17.0 Å². The maximum absolute atomic E-state index is 14.1. The molecule has 1 aromatic heterocycles. The number of benzene rings is 1. The minimum atomic E-state index is -4.58. The zero-order valence-electron chi connectivity index (χ0n) is 26.3. The Hall–Kier alpha value is -4.50. The summed E-state index contributed by atoms with van der Waals surface area (Å²) in [6.45, 7) is 4.95. The topological polar surface area (TPSA) is 169 Å². The van der Waals surface area contributed by atoms with Crippen molar-refractivity contribution >= 4 is 23.9 Å². The van der Waals surface area contributed by atoms with Gasteiger partial charge in [0.1, 0.15) is 23.2 Å². The molecule has 5 atom stereocenters. The lowest BCUT2D eigenvalue weighted by Crippen LogP contribution is -2.56. The normalized spacial score (nSPS) is 27.1. The summed E-state index contributed by atoms with van der Waals surface area (Å²) in [5, 5.41) is 27.6. The number of hydrogen-bond donors (Lipinski definition) is 3. The molecule has 254 valence electrons. The molecule has 16 heteroatoms. The SMILES string of the molecule is CC(C)(C)OC(=O)N[C@H]1CCCCCC=C[C@@H]2C[C@@]2(C(=O)O)NC(=O)[C@@H]2C[C@@H](n3nnc(-c4cccc(C(F)(F)F)c4)n3)CN2C1=O. The van der Waals surface area contributed by atoms with Crippen LogP contribution in [0.15, 0.2) is 36.4 Å². The van der Waals surface area contributed by atoms with Crippen molar-refractivity contribution in [3.05, 3.63) is 42.0 Å². The number of nitrogens with one attached hydrogen (secondary N) is 2. The van der Waals surface area contributed by atoms with E-state index in [4.69, 9.17) is 4.74 Å². The average Bonchev–Trinajstić information content (AvgIpc) is 3.31. The van der Waals surface area contributed by atoms with Crippen LogP contribution in [0.4, 0.5) is 18.0 Å². The van der Waals surface area contributed by atoms with Gasteiger partial charge in [0.2, 0.25) is 17.6 Å². The second-order valence-corrected chi connectivity index (χ2v) is 13.2. The van der Waals surface area contributed by atoms with E-state index in [-0.39, 0.29) is 37.2 Å². The van der Waals surface area contributed by atoms with Crippen molar-refractivity contribution in [3.8, 4) is 11.4 Å². The largest absolute Gasteiger partial charge is 0.479 e. The fourth-order valence-corrected chi connectivity index (χ4v) is 6.03. The summed E-state index contributed by atoms with van der Waals surface area (Å²) >= 11 is 0.